The number of nitrogens with one attached hydrogen (secondary N) is 1. The highest BCUT2D eigenvalue weighted by atomic mass is 79.9. The molecule has 0 aliphatic carbocycles. The van der Waals surface area contributed by atoms with E-state index in [0.29, 0.717) is 11.4 Å². The zero-order valence-electron chi connectivity index (χ0n) is 14.3. The number of nitrogens with two attached hydrogens (primary N) is 1. The van der Waals surface area contributed by atoms with E-state index in [4.69, 9.17) is 4.74 Å². The normalized spacial score (nSPS) is 13.2. The molecule has 5 heteroatoms. The molecule has 2 atom stereocenters. The maximum absolute atomic E-state index is 12.5. The molecule has 0 heterocycles. The van der Waals surface area contributed by atoms with Crippen molar-refractivity contribution in [3.63, 3.8) is 0 Å². The van der Waals surface area contributed by atoms with Gasteiger partial charge in [-0.05, 0) is 31.2 Å². The summed E-state index contributed by atoms with van der Waals surface area (Å²) in [6.45, 7) is 4.06. The number of halogens is 1. The largest absolute Gasteiger partial charge is 0.495 e. The summed E-state index contributed by atoms with van der Waals surface area (Å²) in [6.07, 6.45) is 0.952. The molecule has 0 aliphatic rings. The summed E-state index contributed by atoms with van der Waals surface area (Å²) in [4.78, 5) is 12.5. The number of anilines is 1. The van der Waals surface area contributed by atoms with Crippen LogP contribution in [0.3, 0.4) is 0 Å². The number of hydrogen-bond acceptors (Lipinski definition) is 2. The van der Waals surface area contributed by atoms with Crippen LogP contribution < -0.4 is 15.4 Å². The molecule has 0 aromatic heterocycles. The summed E-state index contributed by atoms with van der Waals surface area (Å²) < 4.78 is 6.34. The molecule has 24 heavy (non-hydrogen) atoms. The average Bonchev–Trinajstić information content (AvgIpc) is 2.60. The maximum Gasteiger partial charge on any atom is 0.282 e. The topological polar surface area (TPSA) is 54.9 Å². The molecule has 0 saturated heterocycles. The van der Waals surface area contributed by atoms with E-state index in [0.717, 1.165) is 10.9 Å². The third-order valence-electron chi connectivity index (χ3n) is 4.04. The molecule has 2 rings (SSSR count). The van der Waals surface area contributed by atoms with Crippen LogP contribution in [0.2, 0.25) is 0 Å². The predicted octanol–water partition coefficient (Wildman–Crippen LogP) is 3.50. The van der Waals surface area contributed by atoms with Crippen LogP contribution >= 0.6 is 15.9 Å². The molecule has 3 N–H and O–H groups in total. The van der Waals surface area contributed by atoms with Crippen molar-refractivity contribution in [2.45, 2.75) is 32.4 Å². The first-order chi connectivity index (χ1) is 11.5. The van der Waals surface area contributed by atoms with Crippen molar-refractivity contribution in [3.05, 3.63) is 58.6 Å². The van der Waals surface area contributed by atoms with Crippen LogP contribution in [0.15, 0.2) is 53.0 Å². The minimum Gasteiger partial charge on any atom is -0.495 e. The summed E-state index contributed by atoms with van der Waals surface area (Å²) in [7, 11) is 1.60. The number of carbonyl (C=O) groups excluding carboxylic acids is 1. The Hall–Kier alpha value is -1.85. The Morgan fingerprint density at radius 2 is 1.88 bits per heavy atom. The Morgan fingerprint density at radius 1 is 1.21 bits per heavy atom. The second-order valence-electron chi connectivity index (χ2n) is 5.74. The average molecular weight is 392 g/mol. The van der Waals surface area contributed by atoms with Gasteiger partial charge in [0, 0.05) is 16.5 Å². The van der Waals surface area contributed by atoms with Crippen LogP contribution in [0.25, 0.3) is 0 Å². The Balaban J connectivity index is 2.03. The molecule has 0 saturated carbocycles. The number of amides is 1. The monoisotopic (exact) mass is 391 g/mol. The molecule has 128 valence electrons. The quantitative estimate of drug-likeness (QED) is 0.758. The Bertz CT molecular complexity index is 673. The molecule has 2 aromatic rings. The predicted molar refractivity (Wildman–Crippen MR) is 100 cm³/mol. The van der Waals surface area contributed by atoms with Gasteiger partial charge in [-0.2, -0.15) is 0 Å². The molecule has 0 spiro atoms. The van der Waals surface area contributed by atoms with Crippen molar-refractivity contribution in [2.75, 3.05) is 12.4 Å². The highest BCUT2D eigenvalue weighted by Gasteiger charge is 2.22. The first kappa shape index (κ1) is 18.5. The lowest BCUT2D eigenvalue weighted by molar-refractivity contribution is -0.713. The molecule has 0 radical (unpaired) electrons. The third kappa shape index (κ3) is 4.82. The zero-order chi connectivity index (χ0) is 17.5. The fraction of sp³-hybridized carbons (Fsp3) is 0.316. The number of hydrogen-bond donors (Lipinski definition) is 2. The Labute approximate surface area is 151 Å². The van der Waals surface area contributed by atoms with Crippen molar-refractivity contribution in [1.82, 2.24) is 0 Å². The fourth-order valence-electron chi connectivity index (χ4n) is 2.62. The molecule has 1 amide bonds. The lowest BCUT2D eigenvalue weighted by Crippen LogP contribution is -2.92. The van der Waals surface area contributed by atoms with Crippen LogP contribution in [0.5, 0.6) is 5.75 Å². The van der Waals surface area contributed by atoms with Crippen LogP contribution in [-0.2, 0) is 4.79 Å². The SMILES string of the molecule is CC[C@H]([NH2+][C@H](C)C(=O)Nc1ccccc1OC)c1ccc(Br)cc1. The highest BCUT2D eigenvalue weighted by molar-refractivity contribution is 9.10. The van der Waals surface area contributed by atoms with Crippen molar-refractivity contribution in [2.24, 2.45) is 0 Å². The second-order valence-corrected chi connectivity index (χ2v) is 6.65. The second kappa shape index (κ2) is 8.85. The van der Waals surface area contributed by atoms with Crippen LogP contribution in [0.4, 0.5) is 5.69 Å². The molecule has 0 fully saturated rings. The maximum atomic E-state index is 12.5. The van der Waals surface area contributed by atoms with E-state index in [-0.39, 0.29) is 18.0 Å². The van der Waals surface area contributed by atoms with E-state index < -0.39 is 0 Å². The smallest absolute Gasteiger partial charge is 0.282 e. The lowest BCUT2D eigenvalue weighted by atomic mass is 10.0. The number of carbonyl (C=O) groups is 1. The summed E-state index contributed by atoms with van der Waals surface area (Å²) in [5, 5.41) is 5.05. The number of para-hydroxylation sites is 2. The zero-order valence-corrected chi connectivity index (χ0v) is 15.8. The Kier molecular flexibility index (Phi) is 6.82. The minimum absolute atomic E-state index is 0.0324. The van der Waals surface area contributed by atoms with Gasteiger partial charge in [0.05, 0.1) is 12.8 Å². The molecule has 4 nitrogen and oxygen atoms in total. The van der Waals surface area contributed by atoms with Gasteiger partial charge in [-0.3, -0.25) is 4.79 Å². The van der Waals surface area contributed by atoms with E-state index in [1.807, 2.05) is 43.3 Å². The van der Waals surface area contributed by atoms with Gasteiger partial charge in [0.2, 0.25) is 0 Å². The van der Waals surface area contributed by atoms with Crippen molar-refractivity contribution in [3.8, 4) is 5.75 Å². The molecule has 0 aliphatic heterocycles. The summed E-state index contributed by atoms with van der Waals surface area (Å²) in [5.41, 5.74) is 1.92. The third-order valence-corrected chi connectivity index (χ3v) is 4.57. The standard InChI is InChI=1S/C19H23BrN2O2/c1-4-16(14-9-11-15(20)12-10-14)21-13(2)19(23)22-17-7-5-6-8-18(17)24-3/h5-13,16,21H,4H2,1-3H3,(H,22,23)/p+1/t13-,16+/m1/s1. The number of benzene rings is 2. The van der Waals surface area contributed by atoms with Crippen molar-refractivity contribution in [1.29, 1.82) is 0 Å². The van der Waals surface area contributed by atoms with Gasteiger partial charge >= 0.3 is 0 Å². The highest BCUT2D eigenvalue weighted by Crippen LogP contribution is 2.23. The van der Waals surface area contributed by atoms with Gasteiger partial charge in [0.15, 0.2) is 6.04 Å². The van der Waals surface area contributed by atoms with Gasteiger partial charge in [0.25, 0.3) is 5.91 Å². The first-order valence-electron chi connectivity index (χ1n) is 8.09. The summed E-state index contributed by atoms with van der Waals surface area (Å²) in [6, 6.07) is 15.7. The fourth-order valence-corrected chi connectivity index (χ4v) is 2.89. The molecule has 2 aromatic carbocycles. The van der Waals surface area contributed by atoms with Gasteiger partial charge in [-0.15, -0.1) is 0 Å². The number of rotatable bonds is 7. The van der Waals surface area contributed by atoms with Crippen molar-refractivity contribution >= 4 is 27.5 Å². The number of methoxy groups -OCH3 is 1. The van der Waals surface area contributed by atoms with Gasteiger partial charge in [0.1, 0.15) is 11.8 Å². The number of ether oxygens (including phenoxy) is 1. The van der Waals surface area contributed by atoms with Crippen LogP contribution in [0.1, 0.15) is 31.9 Å². The molecular weight excluding hydrogens is 368 g/mol. The lowest BCUT2D eigenvalue weighted by Gasteiger charge is -2.19. The van der Waals surface area contributed by atoms with Gasteiger partial charge in [-0.1, -0.05) is 47.1 Å². The van der Waals surface area contributed by atoms with E-state index >= 15 is 0 Å². The minimum atomic E-state index is -0.205. The van der Waals surface area contributed by atoms with E-state index in [9.17, 15) is 4.79 Å². The van der Waals surface area contributed by atoms with Gasteiger partial charge in [-0.25, -0.2) is 0 Å². The first-order valence-corrected chi connectivity index (χ1v) is 8.88. The molecule has 0 bridgehead atoms. The van der Waals surface area contributed by atoms with Crippen molar-refractivity contribution < 1.29 is 14.8 Å². The van der Waals surface area contributed by atoms with E-state index in [1.54, 1.807) is 7.11 Å². The summed E-state index contributed by atoms with van der Waals surface area (Å²) in [5.74, 6) is 0.632. The van der Waals surface area contributed by atoms with Crippen LogP contribution in [-0.4, -0.2) is 19.1 Å². The summed E-state index contributed by atoms with van der Waals surface area (Å²) >= 11 is 3.46. The van der Waals surface area contributed by atoms with E-state index in [1.165, 1.54) is 5.56 Å². The molecular formula is C19H24BrN2O2+. The molecule has 0 unspecified atom stereocenters. The van der Waals surface area contributed by atoms with E-state index in [2.05, 4.69) is 45.6 Å². The number of quaternary nitrogens is 1. The van der Waals surface area contributed by atoms with Crippen LogP contribution in [0, 0.1) is 0 Å². The Morgan fingerprint density at radius 3 is 2.50 bits per heavy atom. The van der Waals surface area contributed by atoms with Gasteiger partial charge < -0.3 is 15.4 Å².